The molecule has 3 nitrogen and oxygen atoms in total. The van der Waals surface area contributed by atoms with E-state index in [1.165, 1.54) is 0 Å². The molecule has 0 amide bonds. The van der Waals surface area contributed by atoms with Crippen molar-refractivity contribution in [3.05, 3.63) is 28.8 Å². The van der Waals surface area contributed by atoms with Gasteiger partial charge in [-0.1, -0.05) is 11.6 Å². The predicted octanol–water partition coefficient (Wildman–Crippen LogP) is 2.86. The van der Waals surface area contributed by atoms with Gasteiger partial charge in [0.25, 0.3) is 0 Å². The molecule has 0 radical (unpaired) electrons. The fraction of sp³-hybridized carbons (Fsp3) is 0.462. The normalized spacial score (nSPS) is 24.1. The van der Waals surface area contributed by atoms with Crippen molar-refractivity contribution in [2.45, 2.75) is 37.8 Å². The van der Waals surface area contributed by atoms with Crippen molar-refractivity contribution in [2.24, 2.45) is 5.73 Å². The van der Waals surface area contributed by atoms with E-state index in [1.807, 2.05) is 6.07 Å². The van der Waals surface area contributed by atoms with Crippen molar-refractivity contribution in [3.63, 3.8) is 0 Å². The summed E-state index contributed by atoms with van der Waals surface area (Å²) in [7, 11) is 0. The third-order valence-electron chi connectivity index (χ3n) is 3.08. The minimum atomic E-state index is 0.221. The summed E-state index contributed by atoms with van der Waals surface area (Å²) in [5, 5.41) is 9.21. The zero-order valence-corrected chi connectivity index (χ0v) is 10.3. The second-order valence-corrected chi connectivity index (χ2v) is 4.82. The summed E-state index contributed by atoms with van der Waals surface area (Å²) in [6.07, 6.45) is 4.21. The topological polar surface area (TPSA) is 59.0 Å². The molecule has 1 aliphatic rings. The molecular formula is C13H15ClN2O. The van der Waals surface area contributed by atoms with Gasteiger partial charge in [0, 0.05) is 12.1 Å². The molecule has 17 heavy (non-hydrogen) atoms. The molecule has 1 saturated carbocycles. The Kier molecular flexibility index (Phi) is 3.88. The molecule has 1 fully saturated rings. The molecule has 2 N–H and O–H groups in total. The zero-order chi connectivity index (χ0) is 12.3. The first kappa shape index (κ1) is 12.2. The first-order valence-corrected chi connectivity index (χ1v) is 6.18. The van der Waals surface area contributed by atoms with E-state index in [1.54, 1.807) is 18.2 Å². The second-order valence-electron chi connectivity index (χ2n) is 4.41. The van der Waals surface area contributed by atoms with E-state index in [0.717, 1.165) is 31.4 Å². The lowest BCUT2D eigenvalue weighted by atomic mass is 9.94. The molecule has 90 valence electrons. The monoisotopic (exact) mass is 250 g/mol. The largest absolute Gasteiger partial charge is 0.490 e. The first-order valence-electron chi connectivity index (χ1n) is 5.81. The summed E-state index contributed by atoms with van der Waals surface area (Å²) in [5.41, 5.74) is 6.32. The van der Waals surface area contributed by atoms with E-state index < -0.39 is 0 Å². The van der Waals surface area contributed by atoms with Gasteiger partial charge in [-0.15, -0.1) is 0 Å². The fourth-order valence-corrected chi connectivity index (χ4v) is 2.27. The van der Waals surface area contributed by atoms with Crippen LogP contribution in [0.4, 0.5) is 0 Å². The van der Waals surface area contributed by atoms with Gasteiger partial charge in [-0.3, -0.25) is 0 Å². The number of nitrogens with zero attached hydrogens (tertiary/aromatic N) is 1. The molecule has 0 spiro atoms. The van der Waals surface area contributed by atoms with E-state index in [-0.39, 0.29) is 6.10 Å². The molecule has 0 aliphatic heterocycles. The highest BCUT2D eigenvalue weighted by Crippen LogP contribution is 2.26. The number of rotatable bonds is 2. The van der Waals surface area contributed by atoms with Crippen molar-refractivity contribution < 1.29 is 4.74 Å². The summed E-state index contributed by atoms with van der Waals surface area (Å²) in [4.78, 5) is 0. The standard InChI is InChI=1S/C13H15ClN2O/c14-13-7-12(4-1-9(13)8-15)17-11-5-2-10(16)3-6-11/h1,4,7,10-11H,2-3,5-6,16H2. The van der Waals surface area contributed by atoms with Crippen molar-refractivity contribution >= 4 is 11.6 Å². The lowest BCUT2D eigenvalue weighted by Crippen LogP contribution is -2.31. The van der Waals surface area contributed by atoms with E-state index in [0.29, 0.717) is 16.6 Å². The van der Waals surface area contributed by atoms with Gasteiger partial charge < -0.3 is 10.5 Å². The summed E-state index contributed by atoms with van der Waals surface area (Å²) in [6, 6.07) is 7.53. The molecule has 0 unspecified atom stereocenters. The minimum Gasteiger partial charge on any atom is -0.490 e. The van der Waals surface area contributed by atoms with Gasteiger partial charge in [0.05, 0.1) is 16.7 Å². The molecule has 4 heteroatoms. The Balaban J connectivity index is 2.00. The van der Waals surface area contributed by atoms with Crippen LogP contribution in [0.3, 0.4) is 0 Å². The molecular weight excluding hydrogens is 236 g/mol. The van der Waals surface area contributed by atoms with Gasteiger partial charge in [-0.2, -0.15) is 5.26 Å². The van der Waals surface area contributed by atoms with Crippen molar-refractivity contribution in [3.8, 4) is 11.8 Å². The summed E-state index contributed by atoms with van der Waals surface area (Å²) in [6.45, 7) is 0. The van der Waals surface area contributed by atoms with Crippen LogP contribution in [-0.2, 0) is 0 Å². The maximum atomic E-state index is 8.77. The predicted molar refractivity (Wildman–Crippen MR) is 67.0 cm³/mol. The van der Waals surface area contributed by atoms with Crippen LogP contribution in [0.5, 0.6) is 5.75 Å². The Morgan fingerprint density at radius 1 is 1.29 bits per heavy atom. The second kappa shape index (κ2) is 5.39. The van der Waals surface area contributed by atoms with Gasteiger partial charge in [-0.05, 0) is 37.8 Å². The van der Waals surface area contributed by atoms with Crippen molar-refractivity contribution in [1.29, 1.82) is 5.26 Å². The molecule has 0 saturated heterocycles. The zero-order valence-electron chi connectivity index (χ0n) is 9.53. The average Bonchev–Trinajstić information content (AvgIpc) is 2.32. The number of benzene rings is 1. The number of nitrogens with two attached hydrogens (primary N) is 1. The summed E-state index contributed by atoms with van der Waals surface area (Å²) >= 11 is 5.95. The highest BCUT2D eigenvalue weighted by atomic mass is 35.5. The van der Waals surface area contributed by atoms with Crippen LogP contribution < -0.4 is 10.5 Å². The molecule has 1 aromatic rings. The Morgan fingerprint density at radius 2 is 2.00 bits per heavy atom. The first-order chi connectivity index (χ1) is 8.19. The maximum absolute atomic E-state index is 8.77. The van der Waals surface area contributed by atoms with E-state index in [2.05, 4.69) is 0 Å². The molecule has 0 heterocycles. The maximum Gasteiger partial charge on any atom is 0.121 e. The van der Waals surface area contributed by atoms with E-state index >= 15 is 0 Å². The van der Waals surface area contributed by atoms with E-state index in [9.17, 15) is 0 Å². The fourth-order valence-electron chi connectivity index (χ4n) is 2.06. The van der Waals surface area contributed by atoms with Gasteiger partial charge in [-0.25, -0.2) is 0 Å². The smallest absolute Gasteiger partial charge is 0.121 e. The molecule has 2 rings (SSSR count). The molecule has 0 bridgehead atoms. The lowest BCUT2D eigenvalue weighted by molar-refractivity contribution is 0.147. The van der Waals surface area contributed by atoms with Crippen LogP contribution in [0.1, 0.15) is 31.2 Å². The van der Waals surface area contributed by atoms with Crippen LogP contribution in [0.25, 0.3) is 0 Å². The number of hydrogen-bond donors (Lipinski definition) is 1. The lowest BCUT2D eigenvalue weighted by Gasteiger charge is -2.26. The number of halogens is 1. The Hall–Kier alpha value is -1.24. The van der Waals surface area contributed by atoms with Gasteiger partial charge in [0.1, 0.15) is 11.8 Å². The van der Waals surface area contributed by atoms with Crippen LogP contribution >= 0.6 is 11.6 Å². The average molecular weight is 251 g/mol. The third-order valence-corrected chi connectivity index (χ3v) is 3.40. The summed E-state index contributed by atoms with van der Waals surface area (Å²) in [5.74, 6) is 0.731. The summed E-state index contributed by atoms with van der Waals surface area (Å²) < 4.78 is 5.83. The van der Waals surface area contributed by atoms with Gasteiger partial charge in [0.2, 0.25) is 0 Å². The molecule has 1 aromatic carbocycles. The highest BCUT2D eigenvalue weighted by molar-refractivity contribution is 6.31. The van der Waals surface area contributed by atoms with Crippen LogP contribution in [-0.4, -0.2) is 12.1 Å². The molecule has 1 aliphatic carbocycles. The Labute approximate surface area is 106 Å². The van der Waals surface area contributed by atoms with Crippen molar-refractivity contribution in [1.82, 2.24) is 0 Å². The van der Waals surface area contributed by atoms with Crippen LogP contribution in [0.2, 0.25) is 5.02 Å². The SMILES string of the molecule is N#Cc1ccc(OC2CCC(N)CC2)cc1Cl. The van der Waals surface area contributed by atoms with Gasteiger partial charge in [0.15, 0.2) is 0 Å². The quantitative estimate of drug-likeness (QED) is 0.878. The molecule has 0 atom stereocenters. The third kappa shape index (κ3) is 3.12. The number of hydrogen-bond acceptors (Lipinski definition) is 3. The number of nitriles is 1. The van der Waals surface area contributed by atoms with Gasteiger partial charge >= 0.3 is 0 Å². The Morgan fingerprint density at radius 3 is 2.59 bits per heavy atom. The van der Waals surface area contributed by atoms with Crippen LogP contribution in [0, 0.1) is 11.3 Å². The number of ether oxygens (including phenoxy) is 1. The Bertz CT molecular complexity index is 434. The van der Waals surface area contributed by atoms with Crippen LogP contribution in [0.15, 0.2) is 18.2 Å². The van der Waals surface area contributed by atoms with E-state index in [4.69, 9.17) is 27.3 Å². The molecule has 0 aromatic heterocycles. The van der Waals surface area contributed by atoms with Crippen molar-refractivity contribution in [2.75, 3.05) is 0 Å². The minimum absolute atomic E-state index is 0.221. The highest BCUT2D eigenvalue weighted by Gasteiger charge is 2.19.